The van der Waals surface area contributed by atoms with E-state index < -0.39 is 6.04 Å². The minimum absolute atomic E-state index is 0. The van der Waals surface area contributed by atoms with Gasteiger partial charge in [0, 0.05) is 24.2 Å². The van der Waals surface area contributed by atoms with Crippen LogP contribution in [0.4, 0.5) is 0 Å². The van der Waals surface area contributed by atoms with Gasteiger partial charge in [-0.25, -0.2) is 0 Å². The molecular formula is C17H22Cl3N3O2. The van der Waals surface area contributed by atoms with Crippen molar-refractivity contribution in [3.63, 3.8) is 0 Å². The van der Waals surface area contributed by atoms with Crippen molar-refractivity contribution < 1.29 is 9.59 Å². The standard InChI is InChI=1S/C17H21Cl2N3O2.ClH/c18-11-5-6-14(19)13(9-11)17(24)22-8-2-4-15(22)16(23)21-10-12-3-1-7-20-12;/h5-6,9,12,15,20H,1-4,7-8,10H2,(H,21,23);1H. The van der Waals surface area contributed by atoms with Crippen LogP contribution in [0.5, 0.6) is 0 Å². The molecule has 1 aromatic carbocycles. The topological polar surface area (TPSA) is 61.4 Å². The molecule has 138 valence electrons. The highest BCUT2D eigenvalue weighted by atomic mass is 35.5. The molecule has 2 saturated heterocycles. The Balaban J connectivity index is 0.00000225. The van der Waals surface area contributed by atoms with Gasteiger partial charge in [-0.15, -0.1) is 12.4 Å². The summed E-state index contributed by atoms with van der Waals surface area (Å²) in [5.41, 5.74) is 0.348. The summed E-state index contributed by atoms with van der Waals surface area (Å²) in [5, 5.41) is 7.13. The van der Waals surface area contributed by atoms with Gasteiger partial charge in [0.1, 0.15) is 6.04 Å². The van der Waals surface area contributed by atoms with Crippen molar-refractivity contribution in [2.75, 3.05) is 19.6 Å². The average molecular weight is 407 g/mol. The van der Waals surface area contributed by atoms with Gasteiger partial charge >= 0.3 is 0 Å². The summed E-state index contributed by atoms with van der Waals surface area (Å²) in [7, 11) is 0. The molecule has 0 radical (unpaired) electrons. The summed E-state index contributed by atoms with van der Waals surface area (Å²) < 4.78 is 0. The van der Waals surface area contributed by atoms with E-state index in [2.05, 4.69) is 10.6 Å². The van der Waals surface area contributed by atoms with Crippen LogP contribution in [0.25, 0.3) is 0 Å². The molecule has 8 heteroatoms. The molecule has 2 fully saturated rings. The fourth-order valence-electron chi connectivity index (χ4n) is 3.37. The zero-order valence-electron chi connectivity index (χ0n) is 13.8. The van der Waals surface area contributed by atoms with E-state index >= 15 is 0 Å². The number of halogens is 3. The zero-order valence-corrected chi connectivity index (χ0v) is 16.1. The minimum Gasteiger partial charge on any atom is -0.353 e. The average Bonchev–Trinajstić information content (AvgIpc) is 3.25. The van der Waals surface area contributed by atoms with Crippen LogP contribution in [0.3, 0.4) is 0 Å². The number of carbonyl (C=O) groups is 2. The van der Waals surface area contributed by atoms with Crippen LogP contribution >= 0.6 is 35.6 Å². The largest absolute Gasteiger partial charge is 0.353 e. The third-order valence-electron chi connectivity index (χ3n) is 4.66. The second-order valence-corrected chi connectivity index (χ2v) is 7.16. The first kappa shape index (κ1) is 20.3. The molecule has 1 aromatic rings. The van der Waals surface area contributed by atoms with E-state index in [1.165, 1.54) is 0 Å². The number of nitrogens with zero attached hydrogens (tertiary/aromatic N) is 1. The monoisotopic (exact) mass is 405 g/mol. The maximum absolute atomic E-state index is 12.8. The van der Waals surface area contributed by atoms with Gasteiger partial charge in [0.25, 0.3) is 5.91 Å². The third-order valence-corrected chi connectivity index (χ3v) is 5.22. The van der Waals surface area contributed by atoms with Crippen LogP contribution in [-0.2, 0) is 4.79 Å². The predicted octanol–water partition coefficient (Wildman–Crippen LogP) is 2.89. The van der Waals surface area contributed by atoms with E-state index in [4.69, 9.17) is 23.2 Å². The molecule has 2 amide bonds. The molecule has 0 bridgehead atoms. The van der Waals surface area contributed by atoms with E-state index in [0.29, 0.717) is 41.2 Å². The Labute approximate surface area is 163 Å². The van der Waals surface area contributed by atoms with E-state index in [-0.39, 0.29) is 24.2 Å². The smallest absolute Gasteiger partial charge is 0.256 e. The van der Waals surface area contributed by atoms with Crippen LogP contribution < -0.4 is 10.6 Å². The molecule has 2 unspecified atom stereocenters. The van der Waals surface area contributed by atoms with Gasteiger partial charge in [0.15, 0.2) is 0 Å². The first-order chi connectivity index (χ1) is 11.6. The molecule has 0 aliphatic carbocycles. The minimum atomic E-state index is -0.436. The Morgan fingerprint density at radius 3 is 2.76 bits per heavy atom. The Hall–Kier alpha value is -1.01. The van der Waals surface area contributed by atoms with Crippen LogP contribution in [0.1, 0.15) is 36.0 Å². The van der Waals surface area contributed by atoms with Gasteiger partial charge in [-0.1, -0.05) is 23.2 Å². The maximum atomic E-state index is 12.8. The summed E-state index contributed by atoms with van der Waals surface area (Å²) >= 11 is 12.1. The van der Waals surface area contributed by atoms with Gasteiger partial charge in [-0.2, -0.15) is 0 Å². The Kier molecular flexibility index (Phi) is 7.37. The molecule has 3 rings (SSSR count). The molecule has 2 heterocycles. The number of nitrogens with one attached hydrogen (secondary N) is 2. The van der Waals surface area contributed by atoms with Crippen LogP contribution in [0, 0.1) is 0 Å². The van der Waals surface area contributed by atoms with Crippen LogP contribution in [0.2, 0.25) is 10.0 Å². The molecule has 25 heavy (non-hydrogen) atoms. The number of hydrogen-bond donors (Lipinski definition) is 2. The highest BCUT2D eigenvalue weighted by Gasteiger charge is 2.35. The van der Waals surface area contributed by atoms with E-state index in [9.17, 15) is 9.59 Å². The Morgan fingerprint density at radius 2 is 2.04 bits per heavy atom. The lowest BCUT2D eigenvalue weighted by Crippen LogP contribution is -2.48. The fourth-order valence-corrected chi connectivity index (χ4v) is 3.74. The molecule has 2 atom stereocenters. The molecule has 0 spiro atoms. The lowest BCUT2D eigenvalue weighted by Gasteiger charge is -2.25. The van der Waals surface area contributed by atoms with Gasteiger partial charge in [0.05, 0.1) is 10.6 Å². The van der Waals surface area contributed by atoms with Crippen molar-refractivity contribution in [2.45, 2.75) is 37.8 Å². The molecule has 2 aliphatic heterocycles. The molecule has 2 aliphatic rings. The van der Waals surface area contributed by atoms with Crippen LogP contribution in [-0.4, -0.2) is 48.4 Å². The Bertz CT molecular complexity index is 636. The van der Waals surface area contributed by atoms with Crippen molar-refractivity contribution in [3.8, 4) is 0 Å². The van der Waals surface area contributed by atoms with Crippen molar-refractivity contribution in [3.05, 3.63) is 33.8 Å². The van der Waals surface area contributed by atoms with Gasteiger partial charge in [0.2, 0.25) is 5.91 Å². The first-order valence-corrected chi connectivity index (χ1v) is 9.09. The quantitative estimate of drug-likeness (QED) is 0.808. The van der Waals surface area contributed by atoms with Crippen molar-refractivity contribution >= 4 is 47.4 Å². The molecule has 5 nitrogen and oxygen atoms in total. The normalized spacial score (nSPS) is 22.6. The van der Waals surface area contributed by atoms with E-state index in [1.54, 1.807) is 23.1 Å². The van der Waals surface area contributed by atoms with Crippen molar-refractivity contribution in [1.82, 2.24) is 15.5 Å². The number of hydrogen-bond acceptors (Lipinski definition) is 3. The molecule has 2 N–H and O–H groups in total. The lowest BCUT2D eigenvalue weighted by atomic mass is 10.1. The third kappa shape index (κ3) is 4.79. The van der Waals surface area contributed by atoms with Crippen molar-refractivity contribution in [1.29, 1.82) is 0 Å². The number of amides is 2. The summed E-state index contributed by atoms with van der Waals surface area (Å²) in [6.07, 6.45) is 3.70. The van der Waals surface area contributed by atoms with Gasteiger partial charge < -0.3 is 15.5 Å². The highest BCUT2D eigenvalue weighted by molar-refractivity contribution is 6.35. The number of likely N-dealkylation sites (tertiary alicyclic amines) is 1. The number of carbonyl (C=O) groups excluding carboxylic acids is 2. The summed E-state index contributed by atoms with van der Waals surface area (Å²) in [6, 6.07) is 4.70. The highest BCUT2D eigenvalue weighted by Crippen LogP contribution is 2.26. The molecule has 0 saturated carbocycles. The van der Waals surface area contributed by atoms with Gasteiger partial charge in [-0.05, 0) is 50.4 Å². The number of rotatable bonds is 4. The second-order valence-electron chi connectivity index (χ2n) is 6.32. The first-order valence-electron chi connectivity index (χ1n) is 8.33. The zero-order chi connectivity index (χ0) is 17.1. The molecular weight excluding hydrogens is 385 g/mol. The predicted molar refractivity (Wildman–Crippen MR) is 102 cm³/mol. The Morgan fingerprint density at radius 1 is 1.24 bits per heavy atom. The van der Waals surface area contributed by atoms with E-state index in [1.807, 2.05) is 0 Å². The second kappa shape index (κ2) is 9.08. The fraction of sp³-hybridized carbons (Fsp3) is 0.529. The number of benzene rings is 1. The van der Waals surface area contributed by atoms with Crippen LogP contribution in [0.15, 0.2) is 18.2 Å². The summed E-state index contributed by atoms with van der Waals surface area (Å²) in [5.74, 6) is -0.327. The van der Waals surface area contributed by atoms with E-state index in [0.717, 1.165) is 25.8 Å². The summed E-state index contributed by atoms with van der Waals surface area (Å²) in [4.78, 5) is 26.9. The molecule has 0 aromatic heterocycles. The lowest BCUT2D eigenvalue weighted by molar-refractivity contribution is -0.124. The summed E-state index contributed by atoms with van der Waals surface area (Å²) in [6.45, 7) is 2.17. The SMILES string of the molecule is Cl.O=C(NCC1CCCN1)C1CCCN1C(=O)c1cc(Cl)ccc1Cl. The van der Waals surface area contributed by atoms with Gasteiger partial charge in [-0.3, -0.25) is 9.59 Å². The maximum Gasteiger partial charge on any atom is 0.256 e. The van der Waals surface area contributed by atoms with Crippen molar-refractivity contribution in [2.24, 2.45) is 0 Å².